The Hall–Kier alpha value is -3.35. The first-order valence-electron chi connectivity index (χ1n) is 12.4. The van der Waals surface area contributed by atoms with E-state index in [9.17, 15) is 4.79 Å². The number of piperidine rings is 1. The van der Waals surface area contributed by atoms with E-state index in [2.05, 4.69) is 53.7 Å². The van der Waals surface area contributed by atoms with Gasteiger partial charge in [-0.05, 0) is 56.1 Å². The average Bonchev–Trinajstić information content (AvgIpc) is 3.74. The van der Waals surface area contributed by atoms with Crippen molar-refractivity contribution in [3.8, 4) is 17.3 Å². The Bertz CT molecular complexity index is 1460. The van der Waals surface area contributed by atoms with E-state index in [-0.39, 0.29) is 5.91 Å². The standard InChI is InChI=1S/C27H29N5O2/c1-15-12-31(22-11-19(15)22)27(33)20-14-32-25(26(28-20)34-3)16(2)24(29-32)23-10-18-6-4-5-7-21(18)30(23)13-17-8-9-17/h4-7,10,14-15,17,19,22H,8-9,11-13H2,1-3H3. The third kappa shape index (κ3) is 2.92. The topological polar surface area (TPSA) is 64.7 Å². The van der Waals surface area contributed by atoms with Crippen molar-refractivity contribution in [1.82, 2.24) is 24.1 Å². The number of benzene rings is 1. The van der Waals surface area contributed by atoms with Crippen LogP contribution in [0.2, 0.25) is 0 Å². The van der Waals surface area contributed by atoms with Crippen molar-refractivity contribution in [2.45, 2.75) is 45.7 Å². The Kier molecular flexibility index (Phi) is 4.17. The molecule has 3 unspecified atom stereocenters. The Morgan fingerprint density at radius 2 is 2.06 bits per heavy atom. The second-order valence-corrected chi connectivity index (χ2v) is 10.4. The van der Waals surface area contributed by atoms with E-state index < -0.39 is 0 Å². The van der Waals surface area contributed by atoms with Gasteiger partial charge < -0.3 is 14.2 Å². The Labute approximate surface area is 198 Å². The van der Waals surface area contributed by atoms with Gasteiger partial charge in [0.1, 0.15) is 11.2 Å². The normalized spacial score (nSPS) is 23.6. The number of carbonyl (C=O) groups is 1. The highest BCUT2D eigenvalue weighted by Gasteiger charge is 2.53. The van der Waals surface area contributed by atoms with Gasteiger partial charge in [0.2, 0.25) is 5.88 Å². The molecule has 1 aromatic carbocycles. The Morgan fingerprint density at radius 3 is 2.76 bits per heavy atom. The molecule has 4 heterocycles. The Balaban J connectivity index is 1.36. The summed E-state index contributed by atoms with van der Waals surface area (Å²) in [5, 5.41) is 6.21. The van der Waals surface area contributed by atoms with E-state index in [1.54, 1.807) is 17.8 Å². The third-order valence-corrected chi connectivity index (χ3v) is 8.10. The van der Waals surface area contributed by atoms with E-state index in [1.807, 2.05) is 4.90 Å². The van der Waals surface area contributed by atoms with Crippen molar-refractivity contribution in [2.24, 2.45) is 17.8 Å². The molecule has 1 amide bonds. The zero-order chi connectivity index (χ0) is 23.1. The van der Waals surface area contributed by atoms with Crippen LogP contribution in [-0.4, -0.2) is 49.7 Å². The minimum Gasteiger partial charge on any atom is -0.479 e. The lowest BCUT2D eigenvalue weighted by Crippen LogP contribution is -2.33. The molecular formula is C27H29N5O2. The molecule has 1 saturated heterocycles. The van der Waals surface area contributed by atoms with Crippen molar-refractivity contribution >= 4 is 22.3 Å². The summed E-state index contributed by atoms with van der Waals surface area (Å²) in [6.45, 7) is 6.12. The van der Waals surface area contributed by atoms with Gasteiger partial charge in [-0.1, -0.05) is 25.1 Å². The average molecular weight is 456 g/mol. The van der Waals surface area contributed by atoms with Gasteiger partial charge in [-0.15, -0.1) is 0 Å². The monoisotopic (exact) mass is 455 g/mol. The predicted octanol–water partition coefficient (Wildman–Crippen LogP) is 4.56. The number of ether oxygens (including phenoxy) is 1. The van der Waals surface area contributed by atoms with Crippen LogP contribution in [0.5, 0.6) is 5.88 Å². The highest BCUT2D eigenvalue weighted by atomic mass is 16.5. The second kappa shape index (κ2) is 7.08. The Morgan fingerprint density at radius 1 is 1.24 bits per heavy atom. The van der Waals surface area contributed by atoms with Crippen LogP contribution in [0.15, 0.2) is 36.5 Å². The zero-order valence-electron chi connectivity index (χ0n) is 19.9. The fraction of sp³-hybridized carbons (Fsp3) is 0.444. The summed E-state index contributed by atoms with van der Waals surface area (Å²) in [5.74, 6) is 2.38. The first-order valence-corrected chi connectivity index (χ1v) is 12.4. The number of likely N-dealkylation sites (tertiary alicyclic amines) is 1. The number of hydrogen-bond donors (Lipinski definition) is 0. The fourth-order valence-electron chi connectivity index (χ4n) is 5.96. The molecule has 3 fully saturated rings. The van der Waals surface area contributed by atoms with Crippen molar-refractivity contribution in [3.63, 3.8) is 0 Å². The predicted molar refractivity (Wildman–Crippen MR) is 130 cm³/mol. The molecule has 34 heavy (non-hydrogen) atoms. The number of rotatable bonds is 5. The van der Waals surface area contributed by atoms with Gasteiger partial charge in [-0.2, -0.15) is 5.10 Å². The summed E-state index contributed by atoms with van der Waals surface area (Å²) >= 11 is 0. The highest BCUT2D eigenvalue weighted by molar-refractivity contribution is 5.94. The van der Waals surface area contributed by atoms with Crippen LogP contribution >= 0.6 is 0 Å². The fourth-order valence-corrected chi connectivity index (χ4v) is 5.96. The van der Waals surface area contributed by atoms with E-state index in [1.165, 1.54) is 23.7 Å². The number of para-hydroxylation sites is 1. The number of carbonyl (C=O) groups excluding carboxylic acids is 1. The molecule has 2 aliphatic carbocycles. The SMILES string of the molecule is COc1nc(C(=O)N2CC(C)C3CC32)cn2nc(-c3cc4ccccc4n3CC3CC3)c(C)c12. The minimum absolute atomic E-state index is 0.0189. The summed E-state index contributed by atoms with van der Waals surface area (Å²) in [6, 6.07) is 11.1. The van der Waals surface area contributed by atoms with Gasteiger partial charge in [0.25, 0.3) is 5.91 Å². The van der Waals surface area contributed by atoms with Crippen molar-refractivity contribution in [2.75, 3.05) is 13.7 Å². The highest BCUT2D eigenvalue weighted by Crippen LogP contribution is 2.48. The number of aromatic nitrogens is 4. The molecule has 3 atom stereocenters. The van der Waals surface area contributed by atoms with Crippen LogP contribution in [0.4, 0.5) is 0 Å². The third-order valence-electron chi connectivity index (χ3n) is 8.10. The number of hydrogen-bond acceptors (Lipinski definition) is 4. The molecule has 1 aliphatic heterocycles. The molecule has 0 radical (unpaired) electrons. The van der Waals surface area contributed by atoms with Crippen LogP contribution in [0, 0.1) is 24.7 Å². The summed E-state index contributed by atoms with van der Waals surface area (Å²) < 4.78 is 9.89. The summed E-state index contributed by atoms with van der Waals surface area (Å²) in [5.41, 5.74) is 5.49. The van der Waals surface area contributed by atoms with Crippen LogP contribution in [0.1, 0.15) is 42.2 Å². The molecule has 4 aromatic rings. The maximum Gasteiger partial charge on any atom is 0.274 e. The largest absolute Gasteiger partial charge is 0.479 e. The van der Waals surface area contributed by atoms with E-state index >= 15 is 0 Å². The molecule has 0 N–H and O–H groups in total. The smallest absolute Gasteiger partial charge is 0.274 e. The minimum atomic E-state index is -0.0189. The quantitative estimate of drug-likeness (QED) is 0.443. The molecule has 7 rings (SSSR count). The van der Waals surface area contributed by atoms with E-state index in [0.29, 0.717) is 29.5 Å². The van der Waals surface area contributed by atoms with Crippen LogP contribution < -0.4 is 4.74 Å². The second-order valence-electron chi connectivity index (χ2n) is 10.4. The first-order chi connectivity index (χ1) is 16.5. The summed E-state index contributed by atoms with van der Waals surface area (Å²) in [6.07, 6.45) is 5.47. The zero-order valence-corrected chi connectivity index (χ0v) is 19.9. The van der Waals surface area contributed by atoms with Gasteiger partial charge in [-0.25, -0.2) is 9.50 Å². The van der Waals surface area contributed by atoms with Gasteiger partial charge in [0, 0.05) is 35.6 Å². The van der Waals surface area contributed by atoms with Crippen molar-refractivity contribution < 1.29 is 9.53 Å². The summed E-state index contributed by atoms with van der Waals surface area (Å²) in [7, 11) is 1.61. The number of fused-ring (bicyclic) bond motifs is 3. The van der Waals surface area contributed by atoms with Crippen LogP contribution in [-0.2, 0) is 6.54 Å². The van der Waals surface area contributed by atoms with E-state index in [4.69, 9.17) is 9.84 Å². The van der Waals surface area contributed by atoms with E-state index in [0.717, 1.165) is 47.9 Å². The van der Waals surface area contributed by atoms with Gasteiger partial charge in [-0.3, -0.25) is 4.79 Å². The van der Waals surface area contributed by atoms with Crippen LogP contribution in [0.25, 0.3) is 27.8 Å². The maximum absolute atomic E-state index is 13.4. The molecule has 0 bridgehead atoms. The summed E-state index contributed by atoms with van der Waals surface area (Å²) in [4.78, 5) is 20.0. The molecule has 0 spiro atoms. The molecule has 7 heteroatoms. The van der Waals surface area contributed by atoms with Gasteiger partial charge in [0.15, 0.2) is 5.69 Å². The number of amides is 1. The number of aryl methyl sites for hydroxylation is 1. The van der Waals surface area contributed by atoms with Gasteiger partial charge >= 0.3 is 0 Å². The molecule has 3 aromatic heterocycles. The number of methoxy groups -OCH3 is 1. The maximum atomic E-state index is 13.4. The number of nitrogens with zero attached hydrogens (tertiary/aromatic N) is 5. The molecule has 174 valence electrons. The first kappa shape index (κ1) is 20.1. The molecule has 7 nitrogen and oxygen atoms in total. The lowest BCUT2D eigenvalue weighted by Gasteiger charge is -2.19. The molecular weight excluding hydrogens is 426 g/mol. The van der Waals surface area contributed by atoms with Crippen molar-refractivity contribution in [3.05, 3.63) is 47.8 Å². The molecule has 2 saturated carbocycles. The lowest BCUT2D eigenvalue weighted by molar-refractivity contribution is 0.0752. The van der Waals surface area contributed by atoms with Crippen LogP contribution in [0.3, 0.4) is 0 Å². The lowest BCUT2D eigenvalue weighted by atomic mass is 10.1. The van der Waals surface area contributed by atoms with Crippen molar-refractivity contribution in [1.29, 1.82) is 0 Å². The van der Waals surface area contributed by atoms with Gasteiger partial charge in [0.05, 0.1) is 19.0 Å². The molecule has 3 aliphatic rings.